The highest BCUT2D eigenvalue weighted by Crippen LogP contribution is 2.33. The predicted octanol–water partition coefficient (Wildman–Crippen LogP) is 2.93. The lowest BCUT2D eigenvalue weighted by molar-refractivity contribution is 0.182. The van der Waals surface area contributed by atoms with Gasteiger partial charge in [0, 0.05) is 48.9 Å². The highest BCUT2D eigenvalue weighted by Gasteiger charge is 2.21. The molecule has 6 nitrogen and oxygen atoms in total. The van der Waals surface area contributed by atoms with E-state index in [1.807, 2.05) is 0 Å². The van der Waals surface area contributed by atoms with E-state index < -0.39 is 0 Å². The van der Waals surface area contributed by atoms with Crippen LogP contribution in [-0.2, 0) is 11.3 Å². The van der Waals surface area contributed by atoms with Gasteiger partial charge in [0.25, 0.3) is 0 Å². The van der Waals surface area contributed by atoms with Gasteiger partial charge >= 0.3 is 0 Å². The molecule has 25 heavy (non-hydrogen) atoms. The van der Waals surface area contributed by atoms with Crippen molar-refractivity contribution in [2.24, 2.45) is 0 Å². The van der Waals surface area contributed by atoms with Gasteiger partial charge in [0.2, 0.25) is 5.95 Å². The number of aromatic nitrogens is 2. The van der Waals surface area contributed by atoms with Gasteiger partial charge in [-0.25, -0.2) is 4.98 Å². The molecule has 3 rings (SSSR count). The van der Waals surface area contributed by atoms with Gasteiger partial charge < -0.3 is 20.3 Å². The maximum atomic E-state index is 6.29. The predicted molar refractivity (Wildman–Crippen MR) is 102 cm³/mol. The number of nitrogen functional groups attached to an aromatic ring is 1. The smallest absolute Gasteiger partial charge is 0.227 e. The van der Waals surface area contributed by atoms with Crippen LogP contribution in [0.25, 0.3) is 11.1 Å². The summed E-state index contributed by atoms with van der Waals surface area (Å²) in [4.78, 5) is 13.7. The second-order valence-electron chi connectivity index (χ2n) is 6.11. The van der Waals surface area contributed by atoms with E-state index in [4.69, 9.17) is 38.7 Å². The molecule has 2 aromatic rings. The second kappa shape index (κ2) is 7.74. The van der Waals surface area contributed by atoms with E-state index in [-0.39, 0.29) is 0 Å². The molecule has 1 aromatic carbocycles. The second-order valence-corrected chi connectivity index (χ2v) is 6.98. The van der Waals surface area contributed by atoms with Crippen LogP contribution >= 0.6 is 23.2 Å². The van der Waals surface area contributed by atoms with Crippen molar-refractivity contribution in [2.45, 2.75) is 6.61 Å². The third-order valence-electron chi connectivity index (χ3n) is 4.22. The number of piperazine rings is 1. The Hall–Kier alpha value is -1.60. The van der Waals surface area contributed by atoms with Gasteiger partial charge in [0.15, 0.2) is 0 Å². The first kappa shape index (κ1) is 18.2. The quantitative estimate of drug-likeness (QED) is 0.877. The van der Waals surface area contributed by atoms with Gasteiger partial charge in [0.1, 0.15) is 5.82 Å². The molecule has 1 fully saturated rings. The van der Waals surface area contributed by atoms with Gasteiger partial charge in [-0.05, 0) is 30.8 Å². The molecule has 8 heteroatoms. The molecule has 0 atom stereocenters. The van der Waals surface area contributed by atoms with E-state index in [1.165, 1.54) is 0 Å². The van der Waals surface area contributed by atoms with Crippen molar-refractivity contribution in [1.82, 2.24) is 14.9 Å². The summed E-state index contributed by atoms with van der Waals surface area (Å²) in [6.45, 7) is 3.99. The van der Waals surface area contributed by atoms with Crippen molar-refractivity contribution in [3.05, 3.63) is 33.9 Å². The fourth-order valence-corrected chi connectivity index (χ4v) is 3.44. The zero-order chi connectivity index (χ0) is 18.0. The molecular formula is C17H21Cl2N5O. The minimum Gasteiger partial charge on any atom is -0.383 e. The van der Waals surface area contributed by atoms with Crippen LogP contribution in [-0.4, -0.2) is 55.2 Å². The molecule has 0 amide bonds. The van der Waals surface area contributed by atoms with E-state index in [9.17, 15) is 0 Å². The lowest BCUT2D eigenvalue weighted by atomic mass is 10.0. The van der Waals surface area contributed by atoms with E-state index in [0.29, 0.717) is 34.0 Å². The Labute approximate surface area is 157 Å². The maximum Gasteiger partial charge on any atom is 0.227 e. The van der Waals surface area contributed by atoms with Crippen LogP contribution in [0.1, 0.15) is 5.69 Å². The standard InChI is InChI=1S/C17H21Cl2N5O/c1-23-3-5-24(6-4-23)17-21-14(10-25-2)15(16(20)22-17)11-7-12(18)9-13(19)8-11/h7-9H,3-6,10H2,1-2H3,(H2,20,21,22). The van der Waals surface area contributed by atoms with Crippen molar-refractivity contribution >= 4 is 35.0 Å². The Morgan fingerprint density at radius 3 is 2.32 bits per heavy atom. The van der Waals surface area contributed by atoms with Crippen molar-refractivity contribution in [2.75, 3.05) is 51.0 Å². The highest BCUT2D eigenvalue weighted by atomic mass is 35.5. The van der Waals surface area contributed by atoms with Crippen LogP contribution in [0.4, 0.5) is 11.8 Å². The van der Waals surface area contributed by atoms with E-state index in [0.717, 1.165) is 37.4 Å². The maximum absolute atomic E-state index is 6.29. The van der Waals surface area contributed by atoms with Crippen LogP contribution in [0.2, 0.25) is 10.0 Å². The van der Waals surface area contributed by atoms with Gasteiger partial charge in [-0.3, -0.25) is 0 Å². The molecule has 2 N–H and O–H groups in total. The molecule has 0 unspecified atom stereocenters. The van der Waals surface area contributed by atoms with Gasteiger partial charge in [0.05, 0.1) is 12.3 Å². The van der Waals surface area contributed by atoms with Crippen molar-refractivity contribution in [1.29, 1.82) is 0 Å². The number of methoxy groups -OCH3 is 1. The van der Waals surface area contributed by atoms with Gasteiger partial charge in [-0.1, -0.05) is 23.2 Å². The Bertz CT molecular complexity index is 743. The van der Waals surface area contributed by atoms with Crippen LogP contribution in [0.3, 0.4) is 0 Å². The molecule has 0 bridgehead atoms. The van der Waals surface area contributed by atoms with E-state index in [2.05, 4.69) is 21.8 Å². The normalized spacial score (nSPS) is 15.6. The lowest BCUT2D eigenvalue weighted by Gasteiger charge is -2.32. The number of hydrogen-bond donors (Lipinski definition) is 1. The summed E-state index contributed by atoms with van der Waals surface area (Å²) in [7, 11) is 3.73. The molecule has 2 heterocycles. The fraction of sp³-hybridized carbons (Fsp3) is 0.412. The summed E-state index contributed by atoms with van der Waals surface area (Å²) < 4.78 is 5.33. The Morgan fingerprint density at radius 1 is 1.08 bits per heavy atom. The van der Waals surface area contributed by atoms with Gasteiger partial charge in [-0.2, -0.15) is 4.98 Å². The van der Waals surface area contributed by atoms with Crippen molar-refractivity contribution < 1.29 is 4.74 Å². The van der Waals surface area contributed by atoms with Crippen molar-refractivity contribution in [3.63, 3.8) is 0 Å². The number of hydrogen-bond acceptors (Lipinski definition) is 6. The summed E-state index contributed by atoms with van der Waals surface area (Å²) in [5, 5.41) is 1.07. The molecule has 1 aliphatic rings. The average molecular weight is 382 g/mol. The number of nitrogens with zero attached hydrogens (tertiary/aromatic N) is 4. The first-order chi connectivity index (χ1) is 12.0. The molecule has 0 spiro atoms. The number of likely N-dealkylation sites (N-methyl/N-ethyl adjacent to an activating group) is 1. The summed E-state index contributed by atoms with van der Waals surface area (Å²) in [6.07, 6.45) is 0. The van der Waals surface area contributed by atoms with Crippen molar-refractivity contribution in [3.8, 4) is 11.1 Å². The molecule has 0 radical (unpaired) electrons. The summed E-state index contributed by atoms with van der Waals surface area (Å²) in [5.41, 5.74) is 8.51. The SMILES string of the molecule is COCc1nc(N2CCN(C)CC2)nc(N)c1-c1cc(Cl)cc(Cl)c1. The molecule has 0 aliphatic carbocycles. The molecular weight excluding hydrogens is 361 g/mol. The van der Waals surface area contributed by atoms with Gasteiger partial charge in [-0.15, -0.1) is 0 Å². The monoisotopic (exact) mass is 381 g/mol. The number of benzene rings is 1. The van der Waals surface area contributed by atoms with Crippen LogP contribution < -0.4 is 10.6 Å². The largest absolute Gasteiger partial charge is 0.383 e. The van der Waals surface area contributed by atoms with E-state index >= 15 is 0 Å². The third-order valence-corrected chi connectivity index (χ3v) is 4.65. The Morgan fingerprint density at radius 2 is 1.72 bits per heavy atom. The minimum atomic E-state index is 0.326. The third kappa shape index (κ3) is 4.15. The number of ether oxygens (including phenoxy) is 1. The minimum absolute atomic E-state index is 0.326. The first-order valence-electron chi connectivity index (χ1n) is 8.03. The summed E-state index contributed by atoms with van der Waals surface area (Å²) in [5.74, 6) is 1.03. The topological polar surface area (TPSA) is 67.5 Å². The number of nitrogens with two attached hydrogens (primary N) is 1. The first-order valence-corrected chi connectivity index (χ1v) is 8.79. The number of rotatable bonds is 4. The summed E-state index contributed by atoms with van der Waals surface area (Å²) >= 11 is 12.3. The molecule has 0 saturated carbocycles. The molecule has 1 aliphatic heterocycles. The lowest BCUT2D eigenvalue weighted by Crippen LogP contribution is -2.45. The van der Waals surface area contributed by atoms with Crippen LogP contribution in [0.5, 0.6) is 0 Å². The molecule has 134 valence electrons. The summed E-state index contributed by atoms with van der Waals surface area (Å²) in [6, 6.07) is 5.28. The van der Waals surface area contributed by atoms with Crippen LogP contribution in [0.15, 0.2) is 18.2 Å². The Kier molecular flexibility index (Phi) is 5.64. The zero-order valence-electron chi connectivity index (χ0n) is 14.3. The Balaban J connectivity index is 2.03. The number of anilines is 2. The van der Waals surface area contributed by atoms with Crippen LogP contribution in [0, 0.1) is 0 Å². The highest BCUT2D eigenvalue weighted by molar-refractivity contribution is 6.35. The molecule has 1 saturated heterocycles. The fourth-order valence-electron chi connectivity index (χ4n) is 2.91. The molecule has 1 aromatic heterocycles. The number of halogens is 2. The average Bonchev–Trinajstić information content (AvgIpc) is 2.54. The zero-order valence-corrected chi connectivity index (χ0v) is 15.8. The van der Waals surface area contributed by atoms with E-state index in [1.54, 1.807) is 25.3 Å².